The summed E-state index contributed by atoms with van der Waals surface area (Å²) in [4.78, 5) is 6.21. The van der Waals surface area contributed by atoms with Gasteiger partial charge in [0, 0.05) is 97.7 Å². The molecule has 706 valence electrons. The van der Waals surface area contributed by atoms with Gasteiger partial charge in [0.1, 0.15) is 0 Å². The van der Waals surface area contributed by atoms with E-state index < -0.39 is 398 Å². The Morgan fingerprint density at radius 2 is 0.627 bits per heavy atom. The van der Waals surface area contributed by atoms with E-state index in [1.807, 2.05) is 55.4 Å². The van der Waals surface area contributed by atoms with Crippen LogP contribution in [-0.4, -0.2) is 13.4 Å². The Kier molecular flexibility index (Phi) is 12.3. The number of thiophene rings is 2. The first-order chi connectivity index (χ1) is 91.3. The minimum atomic E-state index is -1.52. The van der Waals surface area contributed by atoms with Gasteiger partial charge in [0.25, 0.3) is 13.4 Å². The zero-order chi connectivity index (χ0) is 147. The highest BCUT2D eigenvalue weighted by Gasteiger charge is 2.52. The van der Waals surface area contributed by atoms with Crippen molar-refractivity contribution >= 4 is 173 Å². The van der Waals surface area contributed by atoms with Crippen LogP contribution in [0.2, 0.25) is 0 Å². The van der Waals surface area contributed by atoms with Crippen molar-refractivity contribution in [3.8, 4) is 22.3 Å². The van der Waals surface area contributed by atoms with Crippen molar-refractivity contribution < 1.29 is 76.8 Å². The molecule has 142 heavy (non-hydrogen) atoms. The summed E-state index contributed by atoms with van der Waals surface area (Å²) in [5.74, 6) is 0. The van der Waals surface area contributed by atoms with Crippen LogP contribution in [0.5, 0.6) is 0 Å². The highest BCUT2D eigenvalue weighted by Crippen LogP contribution is 2.58. The summed E-state index contributed by atoms with van der Waals surface area (Å²) in [5.41, 5.74) is -12.4. The average molecular weight is 1940 g/mol. The van der Waals surface area contributed by atoms with E-state index >= 15 is 0 Å². The van der Waals surface area contributed by atoms with E-state index in [0.717, 1.165) is 33.6 Å². The normalized spacial score (nSPS) is 20.9. The maximum atomic E-state index is 11.1. The van der Waals surface area contributed by atoms with Crippen molar-refractivity contribution in [2.75, 3.05) is 24.5 Å². The molecule has 0 fully saturated rings. The molecule has 0 saturated heterocycles. The van der Waals surface area contributed by atoms with Gasteiger partial charge in [-0.05, 0) is 285 Å². The standard InChI is InChI=1S/C66H64BN3S.C54H55BN2S.C13H12/c1-63(2,3)44-30-33-48(34-31-44)69-57-39-49(68(46-24-16-12-17-25-46)47-26-18-13-19-27-47)40-58-60(57)67(62-61(69)50-28-20-21-29-59(50)71-62)54-41-52-53(66(9,10)37-36-65(52,7)8)42-56(54)70(58)55-35-32-45(64(4,5)6)38-51(55)43-22-14-11-15-23-43;1-51(2,3)35-23-26-37(27-24-35)56-44-20-16-21-45-48(44)55(50-49(56)38-19-14-15-22-47(38)58-50)42-32-40-41(54(9,10)30-29-53(40,7)8)33-46(42)57(45)43-28-25-36(52(4,5)6)31-39(43)34-17-12-11-13-18-34;1-3-7-12(8-4-1)11-13-9-5-2-6-10-13/h11-35,38-42H,36-37H2,1-10H3;11-28,31-33H,29-30H2,1-10H3;1-10H,11H2/i11D,12D,13D,14D,15D,16D,17D,18D,19D,20D,21D,22D,23D,24D,25D,26D,28D,29D,30D,31D,32D,33D,34D,35D,38D,41D,42D;11D,12D,13D,14D,15D,16D,17D,18D,19D,22D,23D,24D,25D,26D,27D,28D,31D,32D,33D;1D,2D,3D,4D,5D,6D,7D,8D,9D,10D. The molecule has 0 spiro atoms. The van der Waals surface area contributed by atoms with Crippen LogP contribution in [0.3, 0.4) is 0 Å². The SMILES string of the molecule is [2H]c1c([2H])c([2H])c(Cc2c([2H])c([2H])c([2H])c([2H])c2[2H])c([2H])c1[2H].[2H]c1cc(N(c2cc3c4c(c2)N(c2c([2H])c([2H])c(C(C)(C)C)c([2H])c2[2H])c2c(sc5c([2H])c([2H])c([2H])c([2H])c25)B4c2c([2H])c4c(c([2H])c2N3c2c([2H])c([2H])c(C(C)(C)C)c([2H])c2-c2c([2H])c([2H])c([2H])c([2H])c2[2H])C(C)(C)CCC4(C)C)c2c([2H])c([2H])c([2H])c([2H])c2[2H])c([2H])c([2H])c1[2H].[2H]c1cc2c3c(c1)N(c1c([2H])c([2H])c(C(C)(C)C)c([2H])c1[2H])c1c(sc4c([2H])c([2H])c([2H])c([2H])c14)B3c1c([2H])c3c(c([2H])c1N2c1c([2H])c([2H])c(C(C)(C)C)c([2H])c1-c1c([2H])c([2H])c([2H])c([2H])c1[2H])C(C)(C)CCC3(C)C. The molecule has 0 unspecified atom stereocenters. The summed E-state index contributed by atoms with van der Waals surface area (Å²) < 4.78 is 519. The van der Waals surface area contributed by atoms with Gasteiger partial charge in [-0.15, -0.1) is 22.7 Å². The summed E-state index contributed by atoms with van der Waals surface area (Å²) in [5, 5.41) is -0.248. The van der Waals surface area contributed by atoms with Crippen LogP contribution in [0.4, 0.5) is 85.3 Å². The van der Waals surface area contributed by atoms with Crippen LogP contribution >= 0.6 is 22.7 Å². The van der Waals surface area contributed by atoms with E-state index in [0.29, 0.717) is 47.9 Å². The van der Waals surface area contributed by atoms with Crippen molar-refractivity contribution in [1.82, 2.24) is 0 Å². The van der Waals surface area contributed by atoms with Gasteiger partial charge < -0.3 is 24.5 Å². The molecule has 0 amide bonds. The molecule has 0 saturated carbocycles. The fourth-order valence-electron chi connectivity index (χ4n) is 19.4. The van der Waals surface area contributed by atoms with Gasteiger partial charge in [0.2, 0.25) is 0 Å². The number of hydrogen-bond donors (Lipinski definition) is 0. The predicted octanol–water partition coefficient (Wildman–Crippen LogP) is 33.9. The molecule has 5 nitrogen and oxygen atoms in total. The van der Waals surface area contributed by atoms with E-state index in [1.54, 1.807) is 83.1 Å². The molecule has 4 aliphatic heterocycles. The Bertz CT molecular complexity index is 11300. The van der Waals surface area contributed by atoms with Crippen molar-refractivity contribution in [3.63, 3.8) is 0 Å². The third kappa shape index (κ3) is 16.6. The number of para-hydroxylation sites is 2. The number of nitrogens with zero attached hydrogens (tertiary/aromatic N) is 5. The Balaban J connectivity index is 0.000000185. The topological polar surface area (TPSA) is 16.2 Å². The van der Waals surface area contributed by atoms with Crippen LogP contribution in [0.25, 0.3) is 42.4 Å². The summed E-state index contributed by atoms with van der Waals surface area (Å²) in [6.45, 7) is 33.2. The number of benzene rings is 16. The van der Waals surface area contributed by atoms with E-state index in [4.69, 9.17) is 34.3 Å². The molecule has 16 aromatic carbocycles. The third-order valence-corrected chi connectivity index (χ3v) is 29.5. The molecular weight excluding hydrogens is 1750 g/mol. The van der Waals surface area contributed by atoms with Gasteiger partial charge in [-0.1, -0.05) is 386 Å². The Morgan fingerprint density at radius 1 is 0.296 bits per heavy atom. The second-order valence-corrected chi connectivity index (χ2v) is 45.1. The van der Waals surface area contributed by atoms with Gasteiger partial charge in [-0.25, -0.2) is 0 Å². The molecule has 0 radical (unpaired) electrons. The second kappa shape index (κ2) is 35.3. The highest BCUT2D eigenvalue weighted by atomic mass is 32.1. The van der Waals surface area contributed by atoms with Crippen molar-refractivity contribution in [2.45, 2.75) is 214 Å². The van der Waals surface area contributed by atoms with Gasteiger partial charge in [0.05, 0.1) is 105 Å². The lowest BCUT2D eigenvalue weighted by atomic mass is 9.35. The number of hydrogen-bond acceptors (Lipinski definition) is 7. The zero-order valence-electron chi connectivity index (χ0n) is 138. The average Bonchev–Trinajstić information content (AvgIpc) is 1.40. The number of anilines is 15. The van der Waals surface area contributed by atoms with Gasteiger partial charge >= 0.3 is 0 Å². The van der Waals surface area contributed by atoms with Crippen LogP contribution in [0.1, 0.15) is 297 Å². The third-order valence-electron chi connectivity index (χ3n) is 27.2. The van der Waals surface area contributed by atoms with E-state index in [1.165, 1.54) is 43.9 Å². The first-order valence-electron chi connectivity index (χ1n) is 74.9. The predicted molar refractivity (Wildman–Crippen MR) is 618 cm³/mol. The first-order valence-corrected chi connectivity index (χ1v) is 48.5. The molecule has 0 atom stereocenters. The maximum absolute atomic E-state index is 11.1. The van der Waals surface area contributed by atoms with Crippen LogP contribution in [0.15, 0.2) is 369 Å². The molecule has 0 bridgehead atoms. The van der Waals surface area contributed by atoms with Crippen molar-refractivity contribution in [2.24, 2.45) is 0 Å². The fourth-order valence-corrected chi connectivity index (χ4v) is 21.9. The second-order valence-electron chi connectivity index (χ2n) is 43.0. The Hall–Kier alpha value is -13.4. The zero-order valence-corrected chi connectivity index (χ0v) is 83.8. The molecule has 0 N–H and O–H groups in total. The number of fused-ring (bicyclic) bond motifs is 14. The molecule has 24 rings (SSSR count). The molecular formula is C133H131B2N5S2. The lowest BCUT2D eigenvalue weighted by molar-refractivity contribution is 0.332. The molecule has 9 heteroatoms. The molecule has 18 aromatic rings. The summed E-state index contributed by atoms with van der Waals surface area (Å²) >= 11 is 1.82. The van der Waals surface area contributed by atoms with Crippen LogP contribution in [-0.2, 0) is 49.7 Å². The minimum absolute atomic E-state index is 0.0168. The summed E-state index contributed by atoms with van der Waals surface area (Å²) in [6.07, 6.45) is 1.74. The van der Waals surface area contributed by atoms with Gasteiger partial charge in [0.15, 0.2) is 0 Å². The molecule has 6 heterocycles. The smallest absolute Gasteiger partial charge is 0.264 e. The molecule has 6 aliphatic rings. The minimum Gasteiger partial charge on any atom is -0.311 e. The van der Waals surface area contributed by atoms with E-state index in [2.05, 4.69) is 0 Å². The summed E-state index contributed by atoms with van der Waals surface area (Å²) in [7, 11) is 0. The van der Waals surface area contributed by atoms with Gasteiger partial charge in [-0.3, -0.25) is 0 Å². The molecule has 2 aliphatic carbocycles. The van der Waals surface area contributed by atoms with Crippen molar-refractivity contribution in [1.29, 1.82) is 0 Å². The lowest BCUT2D eigenvalue weighted by Gasteiger charge is -2.47. The van der Waals surface area contributed by atoms with Crippen LogP contribution < -0.4 is 55.9 Å². The quantitative estimate of drug-likeness (QED) is 0.120. The monoisotopic (exact) mass is 1940 g/mol. The van der Waals surface area contributed by atoms with Crippen LogP contribution in [0, 0.1) is 0 Å². The van der Waals surface area contributed by atoms with E-state index in [9.17, 15) is 42.5 Å². The fraction of sp³-hybridized carbons (Fsp3) is 0.248. The highest BCUT2D eigenvalue weighted by molar-refractivity contribution is 7.34. The summed E-state index contributed by atoms with van der Waals surface area (Å²) in [6, 6.07) is -27.4. The largest absolute Gasteiger partial charge is 0.311 e. The van der Waals surface area contributed by atoms with E-state index in [-0.39, 0.29) is 196 Å². The number of rotatable bonds is 11. The first kappa shape index (κ1) is 49.5. The van der Waals surface area contributed by atoms with Crippen molar-refractivity contribution in [3.05, 3.63) is 424 Å². The Labute approximate surface area is 931 Å². The lowest BCUT2D eigenvalue weighted by Crippen LogP contribution is -2.61. The maximum Gasteiger partial charge on any atom is 0.264 e. The Morgan fingerprint density at radius 3 is 1.04 bits per heavy atom. The molecule has 2 aromatic heterocycles. The van der Waals surface area contributed by atoms with Gasteiger partial charge in [-0.2, -0.15) is 0 Å².